The van der Waals surface area contributed by atoms with Crippen LogP contribution in [0.3, 0.4) is 0 Å². The molecule has 0 bridgehead atoms. The minimum atomic E-state index is -1.31. The van der Waals surface area contributed by atoms with Crippen LogP contribution in [0, 0.1) is 6.92 Å². The maximum atomic E-state index is 5.62. The van der Waals surface area contributed by atoms with E-state index < -0.39 is 5.79 Å². The molecule has 1 aromatic rings. The van der Waals surface area contributed by atoms with Gasteiger partial charge in [0.25, 0.3) is 0 Å². The largest absolute Gasteiger partial charge is 0.494 e. The summed E-state index contributed by atoms with van der Waals surface area (Å²) in [6.07, 6.45) is 0. The number of nitrogens with two attached hydrogens (primary N) is 3. The van der Waals surface area contributed by atoms with Crippen LogP contribution in [0.5, 0.6) is 5.75 Å². The Kier molecular flexibility index (Phi) is 10.6. The molecule has 0 radical (unpaired) electrons. The van der Waals surface area contributed by atoms with Crippen molar-refractivity contribution in [2.75, 3.05) is 6.61 Å². The Balaban J connectivity index is 0. The summed E-state index contributed by atoms with van der Waals surface area (Å²) >= 11 is 0. The molecule has 0 unspecified atom stereocenters. The van der Waals surface area contributed by atoms with Gasteiger partial charge in [-0.2, -0.15) is 0 Å². The van der Waals surface area contributed by atoms with Gasteiger partial charge in [-0.3, -0.25) is 17.2 Å². The van der Waals surface area contributed by atoms with E-state index in [2.05, 4.69) is 0 Å². The first kappa shape index (κ1) is 19.2. The summed E-state index contributed by atoms with van der Waals surface area (Å²) in [5.74, 6) is -0.573. The molecule has 0 saturated carbocycles. The lowest BCUT2D eigenvalue weighted by molar-refractivity contribution is 0.338. The first-order valence-corrected chi connectivity index (χ1v) is 6.55. The summed E-state index contributed by atoms with van der Waals surface area (Å²) in [5.41, 5.74) is 18.5. The van der Waals surface area contributed by atoms with Crippen LogP contribution in [0.25, 0.3) is 0 Å². The highest BCUT2D eigenvalue weighted by atomic mass is 16.5. The van der Waals surface area contributed by atoms with Crippen LogP contribution in [0.15, 0.2) is 18.2 Å². The van der Waals surface area contributed by atoms with Crippen molar-refractivity contribution in [3.63, 3.8) is 0 Å². The molecule has 1 rings (SSSR count). The van der Waals surface area contributed by atoms with E-state index in [-0.39, 0.29) is 0 Å². The Morgan fingerprint density at radius 2 is 1.56 bits per heavy atom. The quantitative estimate of drug-likeness (QED) is 0.724. The van der Waals surface area contributed by atoms with Crippen LogP contribution in [0.2, 0.25) is 0 Å². The third-order valence-electron chi connectivity index (χ3n) is 1.99. The fraction of sp³-hybridized carbons (Fsp3) is 0.571. The molecular weight excluding hydrogens is 226 g/mol. The molecule has 0 atom stereocenters. The van der Waals surface area contributed by atoms with E-state index in [1.165, 1.54) is 0 Å². The average Bonchev–Trinajstić information content (AvgIpc) is 2.36. The van der Waals surface area contributed by atoms with E-state index >= 15 is 0 Å². The van der Waals surface area contributed by atoms with Crippen LogP contribution in [0.1, 0.15) is 45.7 Å². The van der Waals surface area contributed by atoms with Crippen molar-refractivity contribution in [2.45, 2.75) is 47.3 Å². The van der Waals surface area contributed by atoms with Crippen molar-refractivity contribution < 1.29 is 4.74 Å². The smallest absolute Gasteiger partial charge is 0.143 e. The van der Waals surface area contributed by atoms with E-state index in [0.717, 1.165) is 11.3 Å². The maximum absolute atomic E-state index is 5.62. The molecule has 0 aliphatic rings. The fourth-order valence-corrected chi connectivity index (χ4v) is 1.32. The number of ether oxygens (including phenoxy) is 1. The highest BCUT2D eigenvalue weighted by molar-refractivity contribution is 5.38. The highest BCUT2D eigenvalue weighted by Crippen LogP contribution is 2.20. The lowest BCUT2D eigenvalue weighted by atomic mass is 10.0. The van der Waals surface area contributed by atoms with Crippen LogP contribution in [0.4, 0.5) is 0 Å². The zero-order valence-electron chi connectivity index (χ0n) is 12.6. The number of hydrogen-bond acceptors (Lipinski definition) is 4. The second-order valence-corrected chi connectivity index (χ2v) is 3.34. The maximum Gasteiger partial charge on any atom is 0.143 e. The zero-order chi connectivity index (χ0) is 14.8. The summed E-state index contributed by atoms with van der Waals surface area (Å²) in [5, 5.41) is 0. The van der Waals surface area contributed by atoms with Gasteiger partial charge < -0.3 is 4.74 Å². The third-order valence-corrected chi connectivity index (χ3v) is 1.99. The normalized spacial score (nSPS) is 9.61. The number of benzene rings is 1. The van der Waals surface area contributed by atoms with Gasteiger partial charge in [0.1, 0.15) is 11.5 Å². The van der Waals surface area contributed by atoms with Crippen molar-refractivity contribution in [3.8, 4) is 5.75 Å². The predicted molar refractivity (Wildman–Crippen MR) is 79.3 cm³/mol. The SMILES string of the molecule is CC.CC.CCOc1ccc(C)c(C(N)(N)N)c1. The minimum absolute atomic E-state index is 0.606. The van der Waals surface area contributed by atoms with Crippen LogP contribution in [-0.2, 0) is 5.79 Å². The van der Waals surface area contributed by atoms with Crippen molar-refractivity contribution in [3.05, 3.63) is 29.3 Å². The van der Waals surface area contributed by atoms with Crippen LogP contribution < -0.4 is 21.9 Å². The van der Waals surface area contributed by atoms with Crippen molar-refractivity contribution in [1.82, 2.24) is 0 Å². The molecule has 6 N–H and O–H groups in total. The third kappa shape index (κ3) is 6.59. The standard InChI is InChI=1S/C10H17N3O.2C2H6/c1-3-14-8-5-4-7(2)9(6-8)10(11,12)13;2*1-2/h4-6H,3,11-13H2,1-2H3;2*1-2H3. The Morgan fingerprint density at radius 3 is 1.94 bits per heavy atom. The Bertz CT molecular complexity index is 319. The zero-order valence-corrected chi connectivity index (χ0v) is 12.6. The molecule has 0 amide bonds. The lowest BCUT2D eigenvalue weighted by Gasteiger charge is -2.22. The van der Waals surface area contributed by atoms with Crippen LogP contribution in [-0.4, -0.2) is 6.61 Å². The first-order valence-electron chi connectivity index (χ1n) is 6.55. The molecule has 1 aromatic carbocycles. The minimum Gasteiger partial charge on any atom is -0.494 e. The summed E-state index contributed by atoms with van der Waals surface area (Å²) < 4.78 is 5.33. The van der Waals surface area contributed by atoms with Gasteiger partial charge in [-0.25, -0.2) is 0 Å². The van der Waals surface area contributed by atoms with E-state index in [1.807, 2.05) is 53.7 Å². The Hall–Kier alpha value is -1.10. The summed E-state index contributed by atoms with van der Waals surface area (Å²) in [6.45, 7) is 12.4. The van der Waals surface area contributed by atoms with E-state index in [9.17, 15) is 0 Å². The molecule has 4 nitrogen and oxygen atoms in total. The number of rotatable bonds is 3. The molecule has 0 aliphatic carbocycles. The number of hydrogen-bond donors (Lipinski definition) is 3. The van der Waals surface area contributed by atoms with Gasteiger partial charge in [-0.15, -0.1) is 0 Å². The molecule has 0 spiro atoms. The molecule has 0 aliphatic heterocycles. The molecule has 0 aromatic heterocycles. The van der Waals surface area contributed by atoms with Gasteiger partial charge in [0.2, 0.25) is 0 Å². The van der Waals surface area contributed by atoms with Crippen molar-refractivity contribution >= 4 is 0 Å². The van der Waals surface area contributed by atoms with Crippen molar-refractivity contribution in [2.24, 2.45) is 17.2 Å². The number of aryl methyl sites for hydroxylation is 1. The van der Waals surface area contributed by atoms with Gasteiger partial charge in [0.05, 0.1) is 6.61 Å². The predicted octanol–water partition coefficient (Wildman–Crippen LogP) is 2.43. The fourth-order valence-electron chi connectivity index (χ4n) is 1.32. The molecule has 0 heterocycles. The molecular formula is C14H29N3O. The summed E-state index contributed by atoms with van der Waals surface area (Å²) in [4.78, 5) is 0. The average molecular weight is 255 g/mol. The molecule has 0 fully saturated rings. The van der Waals surface area contributed by atoms with Crippen molar-refractivity contribution in [1.29, 1.82) is 0 Å². The molecule has 106 valence electrons. The summed E-state index contributed by atoms with van der Waals surface area (Å²) in [6, 6.07) is 5.54. The van der Waals surface area contributed by atoms with E-state index in [4.69, 9.17) is 21.9 Å². The molecule has 18 heavy (non-hydrogen) atoms. The second kappa shape index (κ2) is 9.88. The Labute approximate surface area is 111 Å². The van der Waals surface area contributed by atoms with E-state index in [1.54, 1.807) is 6.07 Å². The Morgan fingerprint density at radius 1 is 1.06 bits per heavy atom. The topological polar surface area (TPSA) is 87.3 Å². The highest BCUT2D eigenvalue weighted by Gasteiger charge is 2.18. The van der Waals surface area contributed by atoms with Gasteiger partial charge in [-0.1, -0.05) is 33.8 Å². The second-order valence-electron chi connectivity index (χ2n) is 3.34. The van der Waals surface area contributed by atoms with Gasteiger partial charge >= 0.3 is 0 Å². The van der Waals surface area contributed by atoms with Gasteiger partial charge in [-0.05, 0) is 31.5 Å². The lowest BCUT2D eigenvalue weighted by Crippen LogP contribution is -2.54. The van der Waals surface area contributed by atoms with Crippen LogP contribution >= 0.6 is 0 Å². The molecule has 4 heteroatoms. The van der Waals surface area contributed by atoms with Gasteiger partial charge in [0, 0.05) is 5.56 Å². The summed E-state index contributed by atoms with van der Waals surface area (Å²) in [7, 11) is 0. The molecule has 0 saturated heterocycles. The van der Waals surface area contributed by atoms with Gasteiger partial charge in [0.15, 0.2) is 0 Å². The first-order chi connectivity index (χ1) is 8.45. The van der Waals surface area contributed by atoms with E-state index in [0.29, 0.717) is 12.2 Å². The monoisotopic (exact) mass is 255 g/mol.